The van der Waals surface area contributed by atoms with E-state index < -0.39 is 17.7 Å². The maximum atomic E-state index is 8.98. The Balaban J connectivity index is 1.29. The van der Waals surface area contributed by atoms with Gasteiger partial charge in [0.15, 0.2) is 0 Å². The molecule has 4 heteroatoms. The van der Waals surface area contributed by atoms with Gasteiger partial charge >= 0.3 is 0 Å². The SMILES string of the molecule is [2H]C([2H])([2H])c1c(C)cc(-c2cc(C(C)(c3ccccc3)c3ccccn3)cc3c2oc2cc4c5ccccc5c5ccccc5c4cc23)nc1C(C)(c1ccccc1)c1ccccn1. The van der Waals surface area contributed by atoms with Gasteiger partial charge in [-0.2, -0.15) is 0 Å². The molecule has 0 bridgehead atoms. The second kappa shape index (κ2) is 14.1. The largest absolute Gasteiger partial charge is 0.455 e. The van der Waals surface area contributed by atoms with Gasteiger partial charge in [0.25, 0.3) is 0 Å². The van der Waals surface area contributed by atoms with Gasteiger partial charge in [-0.05, 0) is 142 Å². The summed E-state index contributed by atoms with van der Waals surface area (Å²) in [5.41, 5.74) is 6.73. The van der Waals surface area contributed by atoms with Crippen LogP contribution in [0.2, 0.25) is 0 Å². The summed E-state index contributed by atoms with van der Waals surface area (Å²) < 4.78 is 34.1. The molecule has 11 aromatic rings. The molecule has 0 aliphatic rings. The number of fused-ring (bicyclic) bond motifs is 9. The first-order valence-corrected chi connectivity index (χ1v) is 20.8. The number of pyridine rings is 3. The fourth-order valence-electron chi connectivity index (χ4n) is 9.65. The van der Waals surface area contributed by atoms with Gasteiger partial charge in [0.05, 0.1) is 33.6 Å². The molecule has 2 unspecified atom stereocenters. The van der Waals surface area contributed by atoms with E-state index in [9.17, 15) is 0 Å². The first kappa shape index (κ1) is 33.4. The van der Waals surface area contributed by atoms with Crippen molar-refractivity contribution >= 4 is 54.3 Å². The Morgan fingerprint density at radius 2 is 1.00 bits per heavy atom. The van der Waals surface area contributed by atoms with Gasteiger partial charge in [-0.25, -0.2) is 0 Å². The minimum Gasteiger partial charge on any atom is -0.455 e. The fourth-order valence-corrected chi connectivity index (χ4v) is 9.65. The number of furan rings is 1. The lowest BCUT2D eigenvalue weighted by atomic mass is 9.72. The van der Waals surface area contributed by atoms with Crippen molar-refractivity contribution in [2.75, 3.05) is 0 Å². The zero-order valence-corrected chi connectivity index (χ0v) is 34.1. The molecule has 0 saturated carbocycles. The Kier molecular flexibility index (Phi) is 7.72. The quantitative estimate of drug-likeness (QED) is 0.151. The van der Waals surface area contributed by atoms with Crippen LogP contribution in [0, 0.1) is 13.8 Å². The highest BCUT2D eigenvalue weighted by Gasteiger charge is 2.38. The van der Waals surface area contributed by atoms with Crippen LogP contribution in [0.4, 0.5) is 0 Å². The molecule has 0 amide bonds. The zero-order chi connectivity index (χ0) is 43.8. The van der Waals surface area contributed by atoms with E-state index in [2.05, 4.69) is 110 Å². The maximum Gasteiger partial charge on any atom is 0.144 e. The van der Waals surface area contributed by atoms with Crippen LogP contribution in [-0.2, 0) is 10.8 Å². The van der Waals surface area contributed by atoms with Crippen LogP contribution in [-0.4, -0.2) is 15.0 Å². The monoisotopic (exact) mass is 788 g/mol. The number of hydrogen-bond donors (Lipinski definition) is 0. The second-order valence-corrected chi connectivity index (χ2v) is 16.4. The second-order valence-electron chi connectivity index (χ2n) is 16.4. The Morgan fingerprint density at radius 3 is 1.57 bits per heavy atom. The van der Waals surface area contributed by atoms with Crippen molar-refractivity contribution in [2.24, 2.45) is 0 Å². The highest BCUT2D eigenvalue weighted by Crippen LogP contribution is 2.47. The molecule has 292 valence electrons. The van der Waals surface area contributed by atoms with E-state index in [0.29, 0.717) is 28.2 Å². The molecule has 0 aliphatic carbocycles. The van der Waals surface area contributed by atoms with E-state index in [1.54, 1.807) is 6.20 Å². The molecule has 0 radical (unpaired) electrons. The van der Waals surface area contributed by atoms with E-state index in [-0.39, 0.29) is 5.56 Å². The number of nitrogens with zero attached hydrogens (tertiary/aromatic N) is 3. The van der Waals surface area contributed by atoms with Crippen LogP contribution in [0.5, 0.6) is 0 Å². The highest BCUT2D eigenvalue weighted by atomic mass is 16.3. The number of rotatable bonds is 7. The molecule has 0 N–H and O–H groups in total. The van der Waals surface area contributed by atoms with Crippen LogP contribution in [0.15, 0.2) is 193 Å². The third-order valence-electron chi connectivity index (χ3n) is 13.0. The average Bonchev–Trinajstić information content (AvgIpc) is 3.70. The van der Waals surface area contributed by atoms with Crippen LogP contribution < -0.4 is 0 Å². The van der Waals surface area contributed by atoms with E-state index in [1.807, 2.05) is 92.8 Å². The maximum absolute atomic E-state index is 8.98. The summed E-state index contributed by atoms with van der Waals surface area (Å²) in [5.74, 6) is 0. The van der Waals surface area contributed by atoms with Crippen LogP contribution in [0.25, 0.3) is 65.5 Å². The van der Waals surface area contributed by atoms with Gasteiger partial charge in [-0.3, -0.25) is 15.0 Å². The molecule has 0 spiro atoms. The molecule has 0 saturated heterocycles. The number of aromatic nitrogens is 3. The fraction of sp³-hybridized carbons (Fsp3) is 0.105. The van der Waals surface area contributed by atoms with Crippen molar-refractivity contribution in [2.45, 2.75) is 38.5 Å². The predicted octanol–water partition coefficient (Wildman–Crippen LogP) is 14.2. The molecular formula is C57H43N3O. The Bertz CT molecular complexity index is 3490. The van der Waals surface area contributed by atoms with Crippen molar-refractivity contribution < 1.29 is 8.53 Å². The number of benzene rings is 7. The molecule has 61 heavy (non-hydrogen) atoms. The predicted molar refractivity (Wildman–Crippen MR) is 251 cm³/mol. The zero-order valence-electron chi connectivity index (χ0n) is 37.1. The van der Waals surface area contributed by atoms with Crippen molar-refractivity contribution in [3.05, 3.63) is 233 Å². The van der Waals surface area contributed by atoms with Gasteiger partial charge in [0.2, 0.25) is 0 Å². The molecule has 2 atom stereocenters. The summed E-state index contributed by atoms with van der Waals surface area (Å²) in [4.78, 5) is 15.4. The molecule has 0 fully saturated rings. The van der Waals surface area contributed by atoms with Crippen molar-refractivity contribution in [1.82, 2.24) is 15.0 Å². The van der Waals surface area contributed by atoms with Crippen LogP contribution in [0.3, 0.4) is 0 Å². The van der Waals surface area contributed by atoms with E-state index >= 15 is 0 Å². The van der Waals surface area contributed by atoms with Crippen LogP contribution >= 0.6 is 0 Å². The first-order valence-electron chi connectivity index (χ1n) is 22.3. The standard InChI is InChI=1S/C57H43N3O/c1-36-31-50(60-55(37(36)2)57(4,39-21-9-6-10-22-39)53-28-16-18-30-59-53)49-33-40(56(3,38-19-7-5-8-20-38)52-27-15-17-29-58-52)32-48-47-34-45-43-25-13-11-23-41(43)42-24-12-14-26-44(42)46(45)35-51(47)61-54(48)49/h5-35H,1-4H3/i2D3. The minimum absolute atomic E-state index is 0.206. The van der Waals surface area contributed by atoms with Gasteiger partial charge in [-0.1, -0.05) is 121 Å². The normalized spacial score (nSPS) is 14.8. The lowest BCUT2D eigenvalue weighted by molar-refractivity contribution is 0.635. The molecule has 4 heterocycles. The highest BCUT2D eigenvalue weighted by molar-refractivity contribution is 6.28. The molecule has 7 aromatic carbocycles. The molecular weight excluding hydrogens is 743 g/mol. The van der Waals surface area contributed by atoms with Gasteiger partial charge in [-0.15, -0.1) is 0 Å². The third kappa shape index (κ3) is 5.63. The van der Waals surface area contributed by atoms with Crippen molar-refractivity contribution in [3.8, 4) is 11.3 Å². The lowest BCUT2D eigenvalue weighted by Gasteiger charge is -2.32. The molecule has 11 rings (SSSR count). The van der Waals surface area contributed by atoms with Crippen molar-refractivity contribution in [1.29, 1.82) is 0 Å². The number of hydrogen-bond acceptors (Lipinski definition) is 4. The number of aryl methyl sites for hydroxylation is 1. The van der Waals surface area contributed by atoms with E-state index in [4.69, 9.17) is 23.5 Å². The topological polar surface area (TPSA) is 51.8 Å². The summed E-state index contributed by atoms with van der Waals surface area (Å²) in [7, 11) is 0. The summed E-state index contributed by atoms with van der Waals surface area (Å²) in [5, 5.41) is 8.86. The van der Waals surface area contributed by atoms with Gasteiger partial charge in [0.1, 0.15) is 11.2 Å². The smallest absolute Gasteiger partial charge is 0.144 e. The molecule has 4 aromatic heterocycles. The first-order chi connectivity index (χ1) is 31.0. The van der Waals surface area contributed by atoms with E-state index in [1.165, 1.54) is 16.2 Å². The van der Waals surface area contributed by atoms with E-state index in [0.717, 1.165) is 60.5 Å². The molecule has 0 aliphatic heterocycles. The Morgan fingerprint density at radius 1 is 0.475 bits per heavy atom. The third-order valence-corrected chi connectivity index (χ3v) is 13.0. The summed E-state index contributed by atoms with van der Waals surface area (Å²) >= 11 is 0. The minimum atomic E-state index is -2.48. The Labute approximate surface area is 359 Å². The van der Waals surface area contributed by atoms with Gasteiger partial charge in [0, 0.05) is 32.8 Å². The van der Waals surface area contributed by atoms with Crippen molar-refractivity contribution in [3.63, 3.8) is 0 Å². The summed E-state index contributed by atoms with van der Waals surface area (Å²) in [6.07, 6.45) is 3.60. The Hall–Kier alpha value is -7.43. The summed E-state index contributed by atoms with van der Waals surface area (Å²) in [6, 6.07) is 60.3. The average molecular weight is 789 g/mol. The summed E-state index contributed by atoms with van der Waals surface area (Å²) in [6.45, 7) is 3.66. The van der Waals surface area contributed by atoms with Crippen LogP contribution in [0.1, 0.15) is 62.9 Å². The molecule has 4 nitrogen and oxygen atoms in total. The lowest BCUT2D eigenvalue weighted by Crippen LogP contribution is -2.29. The van der Waals surface area contributed by atoms with Gasteiger partial charge < -0.3 is 4.42 Å².